The first-order valence-corrected chi connectivity index (χ1v) is 8.92. The Morgan fingerprint density at radius 2 is 1.70 bits per heavy atom. The second-order valence-corrected chi connectivity index (χ2v) is 7.30. The smallest absolute Gasteiger partial charge is 0.408 e. The summed E-state index contributed by atoms with van der Waals surface area (Å²) in [5.74, 6) is 1.18. The highest BCUT2D eigenvalue weighted by molar-refractivity contribution is 5.68. The van der Waals surface area contributed by atoms with Crippen LogP contribution >= 0.6 is 0 Å². The number of carbonyl (C=O) groups excluding carboxylic acids is 1. The summed E-state index contributed by atoms with van der Waals surface area (Å²) >= 11 is 0. The number of carbonyl (C=O) groups is 1. The van der Waals surface area contributed by atoms with Gasteiger partial charge >= 0.3 is 6.09 Å². The SMILES string of the molecule is CC(C)(C)OC(=O)N[C@@H](Cc1ccccc1)c1nc(-c2ccccc2)n[nH]1. The molecule has 0 saturated carbocycles. The summed E-state index contributed by atoms with van der Waals surface area (Å²) in [4.78, 5) is 16.9. The van der Waals surface area contributed by atoms with Crippen LogP contribution in [0, 0.1) is 0 Å². The second-order valence-electron chi connectivity index (χ2n) is 7.30. The highest BCUT2D eigenvalue weighted by Gasteiger charge is 2.23. The molecule has 0 saturated heterocycles. The Bertz CT molecular complexity index is 870. The molecule has 3 rings (SSSR count). The van der Waals surface area contributed by atoms with Crippen LogP contribution in [0.15, 0.2) is 60.7 Å². The van der Waals surface area contributed by atoms with Crippen molar-refractivity contribution in [2.45, 2.75) is 38.8 Å². The van der Waals surface area contributed by atoms with Gasteiger partial charge in [0.25, 0.3) is 0 Å². The highest BCUT2D eigenvalue weighted by atomic mass is 16.6. The van der Waals surface area contributed by atoms with Crippen LogP contribution in [-0.4, -0.2) is 26.9 Å². The lowest BCUT2D eigenvalue weighted by molar-refractivity contribution is 0.0501. The number of H-pyrrole nitrogens is 1. The molecular formula is C21H24N4O2. The van der Waals surface area contributed by atoms with E-state index >= 15 is 0 Å². The van der Waals surface area contributed by atoms with Crippen LogP contribution in [0.5, 0.6) is 0 Å². The molecule has 2 N–H and O–H groups in total. The Morgan fingerprint density at radius 3 is 2.33 bits per heavy atom. The fraction of sp³-hybridized carbons (Fsp3) is 0.286. The number of benzene rings is 2. The molecule has 0 aliphatic heterocycles. The Kier molecular flexibility index (Phi) is 5.54. The maximum atomic E-state index is 12.3. The number of ether oxygens (including phenoxy) is 1. The maximum Gasteiger partial charge on any atom is 0.408 e. The highest BCUT2D eigenvalue weighted by Crippen LogP contribution is 2.20. The van der Waals surface area contributed by atoms with Gasteiger partial charge in [0.1, 0.15) is 11.4 Å². The third kappa shape index (κ3) is 5.41. The van der Waals surface area contributed by atoms with Crippen molar-refractivity contribution in [1.29, 1.82) is 0 Å². The van der Waals surface area contributed by atoms with Crippen molar-refractivity contribution in [2.24, 2.45) is 0 Å². The standard InChI is InChI=1S/C21H24N4O2/c1-21(2,3)27-20(26)22-17(14-15-10-6-4-7-11-15)19-23-18(24-25-19)16-12-8-5-9-13-16/h4-13,17H,14H2,1-3H3,(H,22,26)(H,23,24,25)/t17-/m0/s1. The fourth-order valence-corrected chi connectivity index (χ4v) is 2.66. The van der Waals surface area contributed by atoms with Gasteiger partial charge in [-0.15, -0.1) is 0 Å². The second kappa shape index (κ2) is 8.03. The number of alkyl carbamates (subject to hydrolysis) is 1. The number of hydrogen-bond acceptors (Lipinski definition) is 4. The van der Waals surface area contributed by atoms with Crippen molar-refractivity contribution in [3.8, 4) is 11.4 Å². The van der Waals surface area contributed by atoms with Crippen molar-refractivity contribution in [2.75, 3.05) is 0 Å². The van der Waals surface area contributed by atoms with Gasteiger partial charge in [0, 0.05) is 12.0 Å². The summed E-state index contributed by atoms with van der Waals surface area (Å²) in [6.45, 7) is 5.50. The zero-order chi connectivity index (χ0) is 19.3. The summed E-state index contributed by atoms with van der Waals surface area (Å²) in [6, 6.07) is 19.2. The predicted molar refractivity (Wildman–Crippen MR) is 104 cm³/mol. The number of nitrogens with zero attached hydrogens (tertiary/aromatic N) is 2. The lowest BCUT2D eigenvalue weighted by atomic mass is 10.1. The number of rotatable bonds is 5. The Labute approximate surface area is 159 Å². The van der Waals surface area contributed by atoms with E-state index in [0.29, 0.717) is 18.1 Å². The summed E-state index contributed by atoms with van der Waals surface area (Å²) in [5, 5.41) is 10.2. The topological polar surface area (TPSA) is 79.9 Å². The molecule has 2 aromatic carbocycles. The van der Waals surface area contributed by atoms with Gasteiger partial charge in [-0.3, -0.25) is 5.10 Å². The maximum absolute atomic E-state index is 12.3. The van der Waals surface area contributed by atoms with Crippen LogP contribution in [0.25, 0.3) is 11.4 Å². The third-order valence-electron chi connectivity index (χ3n) is 3.84. The molecule has 0 spiro atoms. The van der Waals surface area contributed by atoms with E-state index in [2.05, 4.69) is 20.5 Å². The lowest BCUT2D eigenvalue weighted by Crippen LogP contribution is -2.36. The van der Waals surface area contributed by atoms with Crippen molar-refractivity contribution in [3.05, 3.63) is 72.1 Å². The average molecular weight is 364 g/mol. The van der Waals surface area contributed by atoms with E-state index in [-0.39, 0.29) is 6.04 Å². The first-order valence-electron chi connectivity index (χ1n) is 8.92. The van der Waals surface area contributed by atoms with E-state index in [4.69, 9.17) is 4.74 Å². The largest absolute Gasteiger partial charge is 0.444 e. The molecule has 1 atom stereocenters. The van der Waals surface area contributed by atoms with Gasteiger partial charge in [-0.05, 0) is 26.3 Å². The van der Waals surface area contributed by atoms with Crippen molar-refractivity contribution in [1.82, 2.24) is 20.5 Å². The Balaban J connectivity index is 1.83. The Hall–Kier alpha value is -3.15. The van der Waals surface area contributed by atoms with E-state index in [1.807, 2.05) is 81.4 Å². The van der Waals surface area contributed by atoms with Crippen LogP contribution in [0.2, 0.25) is 0 Å². The molecule has 1 aromatic heterocycles. The van der Waals surface area contributed by atoms with Gasteiger partial charge in [-0.25, -0.2) is 9.78 Å². The van der Waals surface area contributed by atoms with Crippen molar-refractivity contribution >= 4 is 6.09 Å². The van der Waals surface area contributed by atoms with Crippen LogP contribution in [0.1, 0.15) is 38.2 Å². The van der Waals surface area contributed by atoms with E-state index in [1.165, 1.54) is 0 Å². The molecule has 1 amide bonds. The summed E-state index contributed by atoms with van der Waals surface area (Å²) in [6.07, 6.45) is 0.0878. The fourth-order valence-electron chi connectivity index (χ4n) is 2.66. The van der Waals surface area contributed by atoms with E-state index in [9.17, 15) is 4.79 Å². The molecule has 0 unspecified atom stereocenters. The molecule has 1 heterocycles. The molecule has 27 heavy (non-hydrogen) atoms. The molecule has 3 aromatic rings. The first-order chi connectivity index (χ1) is 12.9. The van der Waals surface area contributed by atoms with Gasteiger partial charge in [-0.2, -0.15) is 5.10 Å². The number of hydrogen-bond donors (Lipinski definition) is 2. The minimum atomic E-state index is -0.571. The molecule has 0 aliphatic rings. The Morgan fingerprint density at radius 1 is 1.07 bits per heavy atom. The van der Waals surface area contributed by atoms with E-state index in [1.54, 1.807) is 0 Å². The lowest BCUT2D eigenvalue weighted by Gasteiger charge is -2.22. The molecule has 0 radical (unpaired) electrons. The van der Waals surface area contributed by atoms with Gasteiger partial charge in [0.2, 0.25) is 0 Å². The molecular weight excluding hydrogens is 340 g/mol. The normalized spacial score (nSPS) is 12.4. The quantitative estimate of drug-likeness (QED) is 0.708. The average Bonchev–Trinajstić information content (AvgIpc) is 3.11. The van der Waals surface area contributed by atoms with Gasteiger partial charge in [0.15, 0.2) is 5.82 Å². The third-order valence-corrected chi connectivity index (χ3v) is 3.84. The zero-order valence-corrected chi connectivity index (χ0v) is 15.8. The minimum absolute atomic E-state index is 0.382. The van der Waals surface area contributed by atoms with Crippen LogP contribution < -0.4 is 5.32 Å². The molecule has 0 fully saturated rings. The number of aromatic amines is 1. The number of nitrogens with one attached hydrogen (secondary N) is 2. The van der Waals surface area contributed by atoms with Crippen molar-refractivity contribution in [3.63, 3.8) is 0 Å². The molecule has 140 valence electrons. The first kappa shape index (κ1) is 18.6. The number of aromatic nitrogens is 3. The summed E-state index contributed by atoms with van der Waals surface area (Å²) in [5.41, 5.74) is 1.42. The zero-order valence-electron chi connectivity index (χ0n) is 15.8. The molecule has 6 nitrogen and oxygen atoms in total. The molecule has 0 bridgehead atoms. The van der Waals surface area contributed by atoms with Crippen molar-refractivity contribution < 1.29 is 9.53 Å². The van der Waals surface area contributed by atoms with Crippen LogP contribution in [0.3, 0.4) is 0 Å². The summed E-state index contributed by atoms with van der Waals surface area (Å²) < 4.78 is 5.41. The molecule has 6 heteroatoms. The van der Waals surface area contributed by atoms with Gasteiger partial charge in [0.05, 0.1) is 6.04 Å². The van der Waals surface area contributed by atoms with Crippen LogP contribution in [-0.2, 0) is 11.2 Å². The molecule has 0 aliphatic carbocycles. The minimum Gasteiger partial charge on any atom is -0.444 e. The van der Waals surface area contributed by atoms with Gasteiger partial charge < -0.3 is 10.1 Å². The predicted octanol–water partition coefficient (Wildman–Crippen LogP) is 4.28. The van der Waals surface area contributed by atoms with Crippen LogP contribution in [0.4, 0.5) is 4.79 Å². The van der Waals surface area contributed by atoms with E-state index in [0.717, 1.165) is 11.1 Å². The monoisotopic (exact) mass is 364 g/mol. The van der Waals surface area contributed by atoms with E-state index < -0.39 is 11.7 Å². The summed E-state index contributed by atoms with van der Waals surface area (Å²) in [7, 11) is 0. The number of amides is 1. The van der Waals surface area contributed by atoms with Gasteiger partial charge in [-0.1, -0.05) is 60.7 Å².